The van der Waals surface area contributed by atoms with Crippen LogP contribution in [0.4, 0.5) is 5.69 Å². The maximum absolute atomic E-state index is 12.0. The smallest absolute Gasteiger partial charge is 0.360 e. The molecule has 0 aliphatic rings. The van der Waals surface area contributed by atoms with Gasteiger partial charge in [-0.3, -0.25) is 10.9 Å². The zero-order valence-corrected chi connectivity index (χ0v) is 14.5. The highest BCUT2D eigenvalue weighted by Gasteiger charge is 2.17. The van der Waals surface area contributed by atoms with E-state index in [1.165, 1.54) is 0 Å². The van der Waals surface area contributed by atoms with E-state index in [9.17, 15) is 4.79 Å². The predicted molar refractivity (Wildman–Crippen MR) is 96.6 cm³/mol. The number of carbonyl (C=O) groups excluding carboxylic acids is 1. The Morgan fingerprint density at radius 3 is 2.39 bits per heavy atom. The molecular weight excluding hydrogens is 314 g/mol. The maximum Gasteiger partial charge on any atom is 0.360 e. The molecule has 0 saturated carbocycles. The van der Waals surface area contributed by atoms with E-state index in [0.717, 1.165) is 16.8 Å². The standard InChI is InChI=1S/C15H21N5O2S/c1-5-22-14(21)13(11(4)17-20-15(16)23)19-18-12-7-9(2)6-10(3)8-12/h6-8,18H,5H2,1-4H3,(H3,16,20,23)/b17-11+,19-13+. The lowest BCUT2D eigenvalue weighted by molar-refractivity contribution is -0.134. The molecule has 0 unspecified atom stereocenters. The van der Waals surface area contributed by atoms with Gasteiger partial charge in [0.25, 0.3) is 0 Å². The van der Waals surface area contributed by atoms with Gasteiger partial charge < -0.3 is 10.5 Å². The van der Waals surface area contributed by atoms with E-state index in [2.05, 4.69) is 33.3 Å². The van der Waals surface area contributed by atoms with Crippen molar-refractivity contribution in [1.29, 1.82) is 0 Å². The molecule has 0 atom stereocenters. The van der Waals surface area contributed by atoms with Crippen molar-refractivity contribution in [2.24, 2.45) is 15.9 Å². The van der Waals surface area contributed by atoms with Gasteiger partial charge in [0.15, 0.2) is 10.8 Å². The fourth-order valence-corrected chi connectivity index (χ4v) is 1.87. The van der Waals surface area contributed by atoms with E-state index >= 15 is 0 Å². The molecule has 0 radical (unpaired) electrons. The van der Waals surface area contributed by atoms with Crippen LogP contribution < -0.4 is 16.6 Å². The van der Waals surface area contributed by atoms with Crippen molar-refractivity contribution < 1.29 is 9.53 Å². The molecule has 7 nitrogen and oxygen atoms in total. The largest absolute Gasteiger partial charge is 0.461 e. The second kappa shape index (κ2) is 8.84. The molecule has 0 aliphatic heterocycles. The fraction of sp³-hybridized carbons (Fsp3) is 0.333. The Balaban J connectivity index is 3.05. The molecule has 23 heavy (non-hydrogen) atoms. The Kier molecular flexibility index (Phi) is 7.14. The molecule has 1 aromatic rings. The number of ether oxygens (including phenoxy) is 1. The molecule has 0 aliphatic carbocycles. The van der Waals surface area contributed by atoms with Crippen molar-refractivity contribution in [2.75, 3.05) is 12.0 Å². The predicted octanol–water partition coefficient (Wildman–Crippen LogP) is 1.84. The first-order valence-corrected chi connectivity index (χ1v) is 7.43. The number of carbonyl (C=O) groups is 1. The summed E-state index contributed by atoms with van der Waals surface area (Å²) in [5.41, 5.74) is 13.9. The minimum absolute atomic E-state index is 0.00479. The number of hydrogen-bond donors (Lipinski definition) is 3. The van der Waals surface area contributed by atoms with Gasteiger partial charge in [-0.25, -0.2) is 4.79 Å². The van der Waals surface area contributed by atoms with Crippen molar-refractivity contribution in [3.05, 3.63) is 29.3 Å². The minimum Gasteiger partial charge on any atom is -0.461 e. The third-order valence-corrected chi connectivity index (χ3v) is 2.76. The van der Waals surface area contributed by atoms with E-state index in [-0.39, 0.29) is 17.4 Å². The molecular formula is C15H21N5O2S. The molecule has 8 heteroatoms. The van der Waals surface area contributed by atoms with Crippen LogP contribution in [0.2, 0.25) is 0 Å². The van der Waals surface area contributed by atoms with Crippen molar-refractivity contribution in [2.45, 2.75) is 27.7 Å². The molecule has 0 spiro atoms. The third kappa shape index (κ3) is 6.43. The van der Waals surface area contributed by atoms with Gasteiger partial charge in [-0.1, -0.05) is 6.07 Å². The number of nitrogens with one attached hydrogen (secondary N) is 2. The quantitative estimate of drug-likeness (QED) is 0.317. The number of hydrogen-bond acceptors (Lipinski definition) is 6. The average molecular weight is 335 g/mol. The molecule has 124 valence electrons. The number of esters is 1. The van der Waals surface area contributed by atoms with Crippen molar-refractivity contribution in [1.82, 2.24) is 5.43 Å². The summed E-state index contributed by atoms with van der Waals surface area (Å²) in [4.78, 5) is 12.0. The molecule has 4 N–H and O–H groups in total. The number of hydrazone groups is 2. The first-order valence-electron chi connectivity index (χ1n) is 7.02. The zero-order chi connectivity index (χ0) is 17.4. The lowest BCUT2D eigenvalue weighted by Crippen LogP contribution is -2.30. The summed E-state index contributed by atoms with van der Waals surface area (Å²) < 4.78 is 4.99. The van der Waals surface area contributed by atoms with Crippen LogP contribution >= 0.6 is 12.2 Å². The lowest BCUT2D eigenvalue weighted by atomic mass is 10.1. The molecule has 0 amide bonds. The lowest BCUT2D eigenvalue weighted by Gasteiger charge is -2.08. The van der Waals surface area contributed by atoms with Gasteiger partial charge in [0.1, 0.15) is 0 Å². The van der Waals surface area contributed by atoms with Gasteiger partial charge >= 0.3 is 5.97 Å². The number of aryl methyl sites for hydroxylation is 2. The van der Waals surface area contributed by atoms with E-state index in [4.69, 9.17) is 10.5 Å². The highest BCUT2D eigenvalue weighted by Crippen LogP contribution is 2.13. The van der Waals surface area contributed by atoms with E-state index in [1.807, 2.05) is 32.0 Å². The summed E-state index contributed by atoms with van der Waals surface area (Å²) in [5, 5.41) is 8.01. The highest BCUT2D eigenvalue weighted by atomic mass is 32.1. The Bertz CT molecular complexity index is 635. The first kappa shape index (κ1) is 18.6. The summed E-state index contributed by atoms with van der Waals surface area (Å²) in [5.74, 6) is -0.588. The molecule has 0 heterocycles. The molecule has 1 aromatic carbocycles. The SMILES string of the molecule is CCOC(=O)C(=N/Nc1cc(C)cc(C)c1)/C(C)=N/NC(N)=S. The van der Waals surface area contributed by atoms with Gasteiger partial charge in [-0.2, -0.15) is 10.2 Å². The van der Waals surface area contributed by atoms with Crippen molar-refractivity contribution in [3.63, 3.8) is 0 Å². The molecule has 0 saturated heterocycles. The van der Waals surface area contributed by atoms with Gasteiger partial charge in [0, 0.05) is 0 Å². The Labute approximate surface area is 141 Å². The normalized spacial score (nSPS) is 11.8. The molecule has 0 aromatic heterocycles. The van der Waals surface area contributed by atoms with Crippen LogP contribution in [0.3, 0.4) is 0 Å². The molecule has 0 fully saturated rings. The summed E-state index contributed by atoms with van der Waals surface area (Å²) in [6.45, 7) is 7.51. The van der Waals surface area contributed by atoms with Gasteiger partial charge in [-0.05, 0) is 63.2 Å². The second-order valence-electron chi connectivity index (χ2n) is 4.84. The summed E-state index contributed by atoms with van der Waals surface area (Å²) >= 11 is 4.68. The van der Waals surface area contributed by atoms with Gasteiger partial charge in [-0.15, -0.1) is 0 Å². The van der Waals surface area contributed by atoms with E-state index < -0.39 is 5.97 Å². The van der Waals surface area contributed by atoms with Crippen LogP contribution in [-0.4, -0.2) is 29.1 Å². The van der Waals surface area contributed by atoms with Crippen molar-refractivity contribution in [3.8, 4) is 0 Å². The maximum atomic E-state index is 12.0. The van der Waals surface area contributed by atoms with Crippen LogP contribution in [0.15, 0.2) is 28.4 Å². The third-order valence-electron chi connectivity index (χ3n) is 2.66. The van der Waals surface area contributed by atoms with E-state index in [1.54, 1.807) is 13.8 Å². The van der Waals surface area contributed by atoms with Crippen LogP contribution in [0.5, 0.6) is 0 Å². The Hall–Kier alpha value is -2.48. The summed E-state index contributed by atoms with van der Waals surface area (Å²) in [6.07, 6.45) is 0. The van der Waals surface area contributed by atoms with Gasteiger partial charge in [0.2, 0.25) is 0 Å². The monoisotopic (exact) mass is 335 g/mol. The van der Waals surface area contributed by atoms with Crippen molar-refractivity contribution >= 4 is 40.4 Å². The average Bonchev–Trinajstić information content (AvgIpc) is 2.44. The molecule has 1 rings (SSSR count). The zero-order valence-electron chi connectivity index (χ0n) is 13.6. The molecule has 0 bridgehead atoms. The second-order valence-corrected chi connectivity index (χ2v) is 5.28. The summed E-state index contributed by atoms with van der Waals surface area (Å²) in [6, 6.07) is 5.87. The highest BCUT2D eigenvalue weighted by molar-refractivity contribution is 7.80. The topological polar surface area (TPSA) is 101 Å². The number of benzene rings is 1. The number of nitrogens with zero attached hydrogens (tertiary/aromatic N) is 2. The van der Waals surface area contributed by atoms with Crippen LogP contribution in [0.1, 0.15) is 25.0 Å². The van der Waals surface area contributed by atoms with Crippen LogP contribution in [0, 0.1) is 13.8 Å². The van der Waals surface area contributed by atoms with Crippen LogP contribution in [-0.2, 0) is 9.53 Å². The minimum atomic E-state index is -0.588. The Morgan fingerprint density at radius 1 is 1.26 bits per heavy atom. The van der Waals surface area contributed by atoms with Crippen LogP contribution in [0.25, 0.3) is 0 Å². The number of nitrogens with two attached hydrogens (primary N) is 1. The van der Waals surface area contributed by atoms with E-state index in [0.29, 0.717) is 5.71 Å². The fourth-order valence-electron chi connectivity index (χ4n) is 1.83. The number of rotatable bonds is 6. The summed E-state index contributed by atoms with van der Waals surface area (Å²) in [7, 11) is 0. The first-order chi connectivity index (χ1) is 10.8. The number of thiocarbonyl (C=S) groups is 1. The van der Waals surface area contributed by atoms with Gasteiger partial charge in [0.05, 0.1) is 18.0 Å². The number of anilines is 1. The Morgan fingerprint density at radius 2 is 1.87 bits per heavy atom.